The van der Waals surface area contributed by atoms with Gasteiger partial charge in [0.2, 0.25) is 0 Å². The Kier molecular flexibility index (Phi) is 7.12. The molecule has 1 aliphatic heterocycles. The number of rotatable bonds is 9. The molecule has 3 atom stereocenters. The van der Waals surface area contributed by atoms with Crippen LogP contribution in [0.25, 0.3) is 0 Å². The molecule has 29 heavy (non-hydrogen) atoms. The highest BCUT2D eigenvalue weighted by Gasteiger charge is 2.46. The molecule has 1 unspecified atom stereocenters. The number of hydrogen-bond donors (Lipinski definition) is 1. The maximum absolute atomic E-state index is 13.1. The van der Waals surface area contributed by atoms with Crippen molar-refractivity contribution in [2.75, 3.05) is 31.1 Å². The summed E-state index contributed by atoms with van der Waals surface area (Å²) in [7, 11) is -7.28. The van der Waals surface area contributed by atoms with E-state index < -0.39 is 31.0 Å². The summed E-state index contributed by atoms with van der Waals surface area (Å²) in [6.07, 6.45) is 1.60. The maximum atomic E-state index is 13.1. The molecule has 3 heterocycles. The van der Waals surface area contributed by atoms with Gasteiger partial charge in [-0.25, -0.2) is 16.8 Å². The van der Waals surface area contributed by atoms with E-state index in [9.17, 15) is 16.8 Å². The van der Waals surface area contributed by atoms with Crippen molar-refractivity contribution >= 4 is 42.6 Å². The Morgan fingerprint density at radius 1 is 1.28 bits per heavy atom. The largest absolute Gasteiger partial charge is 0.468 e. The van der Waals surface area contributed by atoms with Crippen LogP contribution in [0.4, 0.5) is 0 Å². The van der Waals surface area contributed by atoms with Gasteiger partial charge in [0, 0.05) is 12.6 Å². The second-order valence-electron chi connectivity index (χ2n) is 6.99. The highest BCUT2D eigenvalue weighted by atomic mass is 35.5. The van der Waals surface area contributed by atoms with Gasteiger partial charge in [-0.15, -0.1) is 11.3 Å². The van der Waals surface area contributed by atoms with Crippen molar-refractivity contribution in [2.24, 2.45) is 0 Å². The summed E-state index contributed by atoms with van der Waals surface area (Å²) in [4.78, 5) is 2.18. The average Bonchev–Trinajstić information content (AvgIpc) is 3.39. The Balaban J connectivity index is 1.83. The zero-order valence-corrected chi connectivity index (χ0v) is 19.5. The number of nitrogens with zero attached hydrogens (tertiary/aromatic N) is 1. The Morgan fingerprint density at radius 2 is 2.00 bits per heavy atom. The van der Waals surface area contributed by atoms with E-state index in [0.717, 1.165) is 30.2 Å². The van der Waals surface area contributed by atoms with Gasteiger partial charge in [0.1, 0.15) is 9.97 Å². The molecule has 0 bridgehead atoms. The molecule has 11 heteroatoms. The predicted octanol–water partition coefficient (Wildman–Crippen LogP) is 2.61. The quantitative estimate of drug-likeness (QED) is 0.589. The van der Waals surface area contributed by atoms with E-state index >= 15 is 0 Å². The van der Waals surface area contributed by atoms with Crippen molar-refractivity contribution in [3.05, 3.63) is 40.6 Å². The first-order valence-electron chi connectivity index (χ1n) is 9.38. The summed E-state index contributed by atoms with van der Waals surface area (Å²) >= 11 is 6.85. The van der Waals surface area contributed by atoms with Crippen LogP contribution >= 0.6 is 22.9 Å². The highest BCUT2D eigenvalue weighted by molar-refractivity contribution is 7.97. The maximum Gasteiger partial charge on any atom is 0.193 e. The lowest BCUT2D eigenvalue weighted by atomic mass is 10.1. The van der Waals surface area contributed by atoms with Gasteiger partial charge in [0.15, 0.2) is 19.7 Å². The number of furan rings is 1. The number of nitrogens with one attached hydrogen (secondary N) is 1. The van der Waals surface area contributed by atoms with Gasteiger partial charge in [-0.05, 0) is 37.4 Å². The Labute approximate surface area is 180 Å². The molecule has 0 aliphatic carbocycles. The number of sulfone groups is 2. The predicted molar refractivity (Wildman–Crippen MR) is 115 cm³/mol. The van der Waals surface area contributed by atoms with E-state index in [1.165, 1.54) is 12.1 Å². The molecular weight excluding hydrogens is 456 g/mol. The molecule has 2 aromatic heterocycles. The van der Waals surface area contributed by atoms with Crippen LogP contribution in [-0.2, 0) is 19.7 Å². The molecule has 1 aliphatic rings. The van der Waals surface area contributed by atoms with Gasteiger partial charge >= 0.3 is 0 Å². The molecule has 3 rings (SSSR count). The number of likely N-dealkylation sites (N-methyl/N-ethyl adjacent to an activating group) is 1. The topological polar surface area (TPSA) is 96.7 Å². The molecule has 1 saturated heterocycles. The van der Waals surface area contributed by atoms with Crippen LogP contribution in [0.3, 0.4) is 0 Å². The summed E-state index contributed by atoms with van der Waals surface area (Å²) in [5.74, 6) is 0.157. The Bertz CT molecular complexity index is 1010. The Morgan fingerprint density at radius 3 is 2.55 bits per heavy atom. The van der Waals surface area contributed by atoms with Crippen molar-refractivity contribution in [1.82, 2.24) is 10.2 Å². The molecule has 1 fully saturated rings. The fourth-order valence-corrected chi connectivity index (χ4v) is 10.2. The average molecular weight is 481 g/mol. The number of halogens is 1. The molecule has 7 nitrogen and oxygen atoms in total. The van der Waals surface area contributed by atoms with E-state index in [4.69, 9.17) is 16.0 Å². The second-order valence-corrected chi connectivity index (χ2v) is 13.2. The summed E-state index contributed by atoms with van der Waals surface area (Å²) in [5.41, 5.74) is 0. The molecule has 0 spiro atoms. The van der Waals surface area contributed by atoms with Gasteiger partial charge in [-0.3, -0.25) is 4.90 Å². The standard InChI is InChI=1S/C18H25ClN2O5S3/c1-3-21(4-2)14(15-6-5-9-26-15)10-20-13-11-28(22,23)12-16(13)29(24,25)18-8-7-17(19)27-18/h5-9,13-14,16,20H,3-4,10-12H2,1-2H3/t13-,14?,16-/m0/s1. The lowest BCUT2D eigenvalue weighted by molar-refractivity contribution is 0.185. The highest BCUT2D eigenvalue weighted by Crippen LogP contribution is 2.32. The molecule has 2 aromatic rings. The summed E-state index contributed by atoms with van der Waals surface area (Å²) in [6.45, 7) is 6.01. The van der Waals surface area contributed by atoms with Crippen molar-refractivity contribution in [1.29, 1.82) is 0 Å². The molecular formula is C18H25ClN2O5S3. The molecule has 162 valence electrons. The lowest BCUT2D eigenvalue weighted by Gasteiger charge is -2.30. The normalized spacial score (nSPS) is 22.9. The fourth-order valence-electron chi connectivity index (χ4n) is 3.73. The first kappa shape index (κ1) is 22.8. The third-order valence-electron chi connectivity index (χ3n) is 5.23. The van der Waals surface area contributed by atoms with Gasteiger partial charge < -0.3 is 9.73 Å². The molecule has 1 N–H and O–H groups in total. The number of hydrogen-bond acceptors (Lipinski definition) is 8. The monoisotopic (exact) mass is 480 g/mol. The van der Waals surface area contributed by atoms with Gasteiger partial charge in [0.25, 0.3) is 0 Å². The van der Waals surface area contributed by atoms with Crippen LogP contribution in [0.5, 0.6) is 0 Å². The zero-order valence-electron chi connectivity index (χ0n) is 16.2. The minimum Gasteiger partial charge on any atom is -0.468 e. The van der Waals surface area contributed by atoms with E-state index in [-0.39, 0.29) is 21.8 Å². The van der Waals surface area contributed by atoms with Crippen molar-refractivity contribution < 1.29 is 21.3 Å². The van der Waals surface area contributed by atoms with Crippen molar-refractivity contribution in [3.8, 4) is 0 Å². The van der Waals surface area contributed by atoms with Crippen molar-refractivity contribution in [3.63, 3.8) is 0 Å². The summed E-state index contributed by atoms with van der Waals surface area (Å²) in [6, 6.07) is 5.81. The molecule has 0 saturated carbocycles. The first-order chi connectivity index (χ1) is 13.7. The molecule has 0 aromatic carbocycles. The first-order valence-corrected chi connectivity index (χ1v) is 13.9. The third-order valence-corrected chi connectivity index (χ3v) is 11.1. The van der Waals surface area contributed by atoms with E-state index in [1.807, 2.05) is 19.9 Å². The summed E-state index contributed by atoms with van der Waals surface area (Å²) < 4.78 is 56.8. The minimum absolute atomic E-state index is 0.0997. The third kappa shape index (κ3) is 5.05. The smallest absolute Gasteiger partial charge is 0.193 e. The SMILES string of the molecule is CCN(CC)C(CN[C@H]1CS(=O)(=O)C[C@@H]1S(=O)(=O)c1ccc(Cl)s1)c1ccco1. The van der Waals surface area contributed by atoms with E-state index in [0.29, 0.717) is 10.9 Å². The molecule has 0 radical (unpaired) electrons. The summed E-state index contributed by atoms with van der Waals surface area (Å²) in [5, 5.41) is 2.17. The van der Waals surface area contributed by atoms with Crippen LogP contribution in [0.15, 0.2) is 39.2 Å². The molecule has 0 amide bonds. The number of thiophene rings is 1. The van der Waals surface area contributed by atoms with Crippen molar-refractivity contribution in [2.45, 2.75) is 35.4 Å². The Hall–Kier alpha value is -0.910. The fraction of sp³-hybridized carbons (Fsp3) is 0.556. The van der Waals surface area contributed by atoms with Crippen LogP contribution in [0, 0.1) is 0 Å². The zero-order chi connectivity index (χ0) is 21.2. The minimum atomic E-state index is -3.82. The van der Waals surface area contributed by atoms with Gasteiger partial charge in [-0.1, -0.05) is 25.4 Å². The van der Waals surface area contributed by atoms with Crippen LogP contribution in [0.2, 0.25) is 4.34 Å². The second kappa shape index (κ2) is 9.07. The van der Waals surface area contributed by atoms with Crippen LogP contribution < -0.4 is 5.32 Å². The lowest BCUT2D eigenvalue weighted by Crippen LogP contribution is -2.46. The van der Waals surface area contributed by atoms with E-state index in [2.05, 4.69) is 10.2 Å². The van der Waals surface area contributed by atoms with Gasteiger partial charge in [0.05, 0.1) is 33.4 Å². The van der Waals surface area contributed by atoms with Crippen LogP contribution in [-0.4, -0.2) is 64.2 Å². The van der Waals surface area contributed by atoms with Crippen LogP contribution in [0.1, 0.15) is 25.6 Å². The van der Waals surface area contributed by atoms with E-state index in [1.54, 1.807) is 12.3 Å². The van der Waals surface area contributed by atoms with Gasteiger partial charge in [-0.2, -0.15) is 0 Å².